The smallest absolute Gasteiger partial charge is 0.248 e. The van der Waals surface area contributed by atoms with E-state index in [1.165, 1.54) is 24.1 Å². The van der Waals surface area contributed by atoms with Crippen LogP contribution in [0.15, 0.2) is 4.52 Å². The van der Waals surface area contributed by atoms with Crippen LogP contribution in [0.4, 0.5) is 0 Å². The first-order chi connectivity index (χ1) is 10.6. The molecular formula is C15H21N5O2. The maximum Gasteiger partial charge on any atom is 0.248 e. The monoisotopic (exact) mass is 303 g/mol. The molecule has 1 atom stereocenters. The van der Waals surface area contributed by atoms with Gasteiger partial charge in [0.25, 0.3) is 0 Å². The summed E-state index contributed by atoms with van der Waals surface area (Å²) < 4.78 is 5.06. The quantitative estimate of drug-likeness (QED) is 0.877. The van der Waals surface area contributed by atoms with Crippen LogP contribution in [-0.4, -0.2) is 26.2 Å². The number of aromatic amines is 1. The van der Waals surface area contributed by atoms with Crippen molar-refractivity contribution < 1.29 is 9.32 Å². The molecule has 0 radical (unpaired) electrons. The molecule has 118 valence electrons. The van der Waals surface area contributed by atoms with Gasteiger partial charge in [-0.25, -0.2) is 0 Å². The SMILES string of the molecule is Cc1noc([C@@H](C)NC(=O)CCc2n[nH]c3c2CCCC3)n1. The molecule has 2 aromatic heterocycles. The predicted octanol–water partition coefficient (Wildman–Crippen LogP) is 1.79. The Hall–Kier alpha value is -2.18. The van der Waals surface area contributed by atoms with Crippen LogP contribution in [0.2, 0.25) is 0 Å². The zero-order valence-electron chi connectivity index (χ0n) is 13.0. The van der Waals surface area contributed by atoms with E-state index < -0.39 is 0 Å². The highest BCUT2D eigenvalue weighted by Gasteiger charge is 2.19. The van der Waals surface area contributed by atoms with Crippen molar-refractivity contribution in [3.05, 3.63) is 28.7 Å². The van der Waals surface area contributed by atoms with Crippen LogP contribution in [0, 0.1) is 6.92 Å². The van der Waals surface area contributed by atoms with Crippen LogP contribution in [0.5, 0.6) is 0 Å². The van der Waals surface area contributed by atoms with Gasteiger partial charge in [-0.2, -0.15) is 10.1 Å². The molecule has 0 fully saturated rings. The number of nitrogens with zero attached hydrogens (tertiary/aromatic N) is 3. The molecule has 1 amide bonds. The number of rotatable bonds is 5. The maximum atomic E-state index is 12.1. The average Bonchev–Trinajstić information content (AvgIpc) is 3.11. The normalized spacial score (nSPS) is 15.4. The van der Waals surface area contributed by atoms with Crippen molar-refractivity contribution in [3.63, 3.8) is 0 Å². The van der Waals surface area contributed by atoms with Crippen LogP contribution in [0.3, 0.4) is 0 Å². The van der Waals surface area contributed by atoms with Crippen molar-refractivity contribution in [3.8, 4) is 0 Å². The minimum atomic E-state index is -0.276. The molecule has 3 rings (SSSR count). The number of H-pyrrole nitrogens is 1. The number of aromatic nitrogens is 4. The Labute approximate surface area is 128 Å². The van der Waals surface area contributed by atoms with Gasteiger partial charge in [0.05, 0.1) is 5.69 Å². The van der Waals surface area contributed by atoms with Gasteiger partial charge in [0.15, 0.2) is 5.82 Å². The first-order valence-electron chi connectivity index (χ1n) is 7.78. The van der Waals surface area contributed by atoms with Gasteiger partial charge in [-0.05, 0) is 45.1 Å². The van der Waals surface area contributed by atoms with E-state index in [1.54, 1.807) is 6.92 Å². The first-order valence-corrected chi connectivity index (χ1v) is 7.78. The van der Waals surface area contributed by atoms with Crippen LogP contribution < -0.4 is 5.32 Å². The van der Waals surface area contributed by atoms with Gasteiger partial charge >= 0.3 is 0 Å². The Kier molecular flexibility index (Phi) is 4.22. The number of nitrogens with one attached hydrogen (secondary N) is 2. The summed E-state index contributed by atoms with van der Waals surface area (Å²) >= 11 is 0. The highest BCUT2D eigenvalue weighted by atomic mass is 16.5. The molecule has 0 saturated heterocycles. The molecule has 0 aromatic carbocycles. The molecule has 7 heteroatoms. The van der Waals surface area contributed by atoms with Crippen LogP contribution in [0.25, 0.3) is 0 Å². The molecule has 0 saturated carbocycles. The fourth-order valence-electron chi connectivity index (χ4n) is 2.85. The largest absolute Gasteiger partial charge is 0.345 e. The van der Waals surface area contributed by atoms with Gasteiger partial charge in [-0.1, -0.05) is 5.16 Å². The van der Waals surface area contributed by atoms with Crippen LogP contribution >= 0.6 is 0 Å². The Balaban J connectivity index is 1.53. The van der Waals surface area contributed by atoms with Crippen molar-refractivity contribution in [2.75, 3.05) is 0 Å². The van der Waals surface area contributed by atoms with Crippen LogP contribution in [-0.2, 0) is 24.1 Å². The van der Waals surface area contributed by atoms with Crippen molar-refractivity contribution in [2.45, 2.75) is 58.4 Å². The summed E-state index contributed by atoms with van der Waals surface area (Å²) in [6, 6.07) is -0.276. The van der Waals surface area contributed by atoms with Crippen molar-refractivity contribution >= 4 is 5.91 Å². The second-order valence-corrected chi connectivity index (χ2v) is 5.80. The lowest BCUT2D eigenvalue weighted by molar-refractivity contribution is -0.121. The van der Waals surface area contributed by atoms with E-state index in [4.69, 9.17) is 4.52 Å². The third-order valence-corrected chi connectivity index (χ3v) is 4.02. The van der Waals surface area contributed by atoms with E-state index in [9.17, 15) is 4.79 Å². The minimum Gasteiger partial charge on any atom is -0.345 e. The molecule has 0 unspecified atom stereocenters. The standard InChI is InChI=1S/C15H21N5O2/c1-9(15-17-10(2)20-22-15)16-14(21)8-7-13-11-5-3-4-6-12(11)18-19-13/h9H,3-8H2,1-2H3,(H,16,21)(H,18,19)/t9-/m1/s1. The molecule has 0 spiro atoms. The molecule has 2 N–H and O–H groups in total. The lowest BCUT2D eigenvalue weighted by atomic mass is 9.94. The van der Waals surface area contributed by atoms with Gasteiger partial charge in [0.1, 0.15) is 6.04 Å². The highest BCUT2D eigenvalue weighted by molar-refractivity contribution is 5.76. The third-order valence-electron chi connectivity index (χ3n) is 4.02. The van der Waals surface area contributed by atoms with E-state index in [2.05, 4.69) is 25.7 Å². The lowest BCUT2D eigenvalue weighted by Gasteiger charge is -2.12. The fraction of sp³-hybridized carbons (Fsp3) is 0.600. The number of amides is 1. The van der Waals surface area contributed by atoms with E-state index in [-0.39, 0.29) is 11.9 Å². The van der Waals surface area contributed by atoms with Gasteiger partial charge in [-0.3, -0.25) is 9.89 Å². The average molecular weight is 303 g/mol. The van der Waals surface area contributed by atoms with Gasteiger partial charge in [0.2, 0.25) is 11.8 Å². The molecule has 0 aliphatic heterocycles. The molecule has 7 nitrogen and oxygen atoms in total. The Bertz CT molecular complexity index is 661. The number of hydrogen-bond donors (Lipinski definition) is 2. The Morgan fingerprint density at radius 1 is 1.41 bits per heavy atom. The molecule has 2 heterocycles. The van der Waals surface area contributed by atoms with E-state index in [1.807, 2.05) is 6.92 Å². The summed E-state index contributed by atoms with van der Waals surface area (Å²) in [7, 11) is 0. The van der Waals surface area contributed by atoms with E-state index in [0.717, 1.165) is 18.5 Å². The highest BCUT2D eigenvalue weighted by Crippen LogP contribution is 2.23. The fourth-order valence-corrected chi connectivity index (χ4v) is 2.85. The topological polar surface area (TPSA) is 96.7 Å². The molecule has 2 aromatic rings. The summed E-state index contributed by atoms with van der Waals surface area (Å²) in [5.41, 5.74) is 3.60. The van der Waals surface area contributed by atoms with Gasteiger partial charge < -0.3 is 9.84 Å². The lowest BCUT2D eigenvalue weighted by Crippen LogP contribution is -2.27. The molecule has 1 aliphatic carbocycles. The Morgan fingerprint density at radius 2 is 2.23 bits per heavy atom. The molecule has 22 heavy (non-hydrogen) atoms. The summed E-state index contributed by atoms with van der Waals surface area (Å²) in [6.45, 7) is 3.59. The Morgan fingerprint density at radius 3 is 3.00 bits per heavy atom. The molecule has 1 aliphatic rings. The first kappa shape index (κ1) is 14.7. The molecule has 0 bridgehead atoms. The summed E-state index contributed by atoms with van der Waals surface area (Å²) in [5, 5.41) is 14.1. The number of carbonyl (C=O) groups is 1. The predicted molar refractivity (Wildman–Crippen MR) is 79.1 cm³/mol. The van der Waals surface area contributed by atoms with Crippen molar-refractivity contribution in [1.29, 1.82) is 0 Å². The number of fused-ring (bicyclic) bond motifs is 1. The van der Waals surface area contributed by atoms with Crippen molar-refractivity contribution in [2.24, 2.45) is 0 Å². The maximum absolute atomic E-state index is 12.1. The van der Waals surface area contributed by atoms with Crippen molar-refractivity contribution in [1.82, 2.24) is 25.7 Å². The second-order valence-electron chi connectivity index (χ2n) is 5.80. The number of carbonyl (C=O) groups excluding carboxylic acids is 1. The summed E-state index contributed by atoms with van der Waals surface area (Å²) in [5.74, 6) is 0.971. The zero-order chi connectivity index (χ0) is 15.5. The summed E-state index contributed by atoms with van der Waals surface area (Å²) in [4.78, 5) is 16.2. The third kappa shape index (κ3) is 3.18. The van der Waals surface area contributed by atoms with E-state index >= 15 is 0 Å². The van der Waals surface area contributed by atoms with Gasteiger partial charge in [0, 0.05) is 18.5 Å². The summed E-state index contributed by atoms with van der Waals surface area (Å²) in [6.07, 6.45) is 5.64. The van der Waals surface area contributed by atoms with E-state index in [0.29, 0.717) is 24.6 Å². The minimum absolute atomic E-state index is 0.0316. The van der Waals surface area contributed by atoms with Crippen LogP contribution in [0.1, 0.15) is 60.9 Å². The number of hydrogen-bond acceptors (Lipinski definition) is 5. The van der Waals surface area contributed by atoms with Gasteiger partial charge in [-0.15, -0.1) is 0 Å². The number of aryl methyl sites for hydroxylation is 3. The zero-order valence-corrected chi connectivity index (χ0v) is 13.0. The molecular weight excluding hydrogens is 282 g/mol. The second kappa shape index (κ2) is 6.29.